The number of aromatic amines is 2. The third-order valence-electron chi connectivity index (χ3n) is 2.92. The molecule has 4 heteroatoms. The zero-order chi connectivity index (χ0) is 11.7. The predicted molar refractivity (Wildman–Crippen MR) is 68.6 cm³/mol. The average molecular weight is 226 g/mol. The Morgan fingerprint density at radius 2 is 2.12 bits per heavy atom. The maximum atomic E-state index is 4.41. The molecule has 0 saturated carbocycles. The minimum atomic E-state index is 0.787. The number of benzene rings is 1. The molecule has 4 nitrogen and oxygen atoms in total. The Hall–Kier alpha value is -2.07. The van der Waals surface area contributed by atoms with E-state index in [9.17, 15) is 0 Å². The molecule has 2 heterocycles. The first-order chi connectivity index (χ1) is 8.40. The van der Waals surface area contributed by atoms with Crippen LogP contribution in [0.1, 0.15) is 5.69 Å². The molecular weight excluding hydrogens is 212 g/mol. The SMILES string of the molecule is CNCc1[nH]cnc1-c1c[nH]c2ccccc12. The molecular formula is C13H14N4. The predicted octanol–water partition coefficient (Wildman–Crippen LogP) is 2.28. The van der Waals surface area contributed by atoms with Crippen LogP contribution in [0.25, 0.3) is 22.2 Å². The van der Waals surface area contributed by atoms with Crippen LogP contribution in [0, 0.1) is 0 Å². The van der Waals surface area contributed by atoms with Crippen LogP contribution in [0.5, 0.6) is 0 Å². The molecule has 0 unspecified atom stereocenters. The van der Waals surface area contributed by atoms with Crippen molar-refractivity contribution < 1.29 is 0 Å². The molecule has 2 aromatic heterocycles. The molecule has 0 radical (unpaired) electrons. The quantitative estimate of drug-likeness (QED) is 0.641. The van der Waals surface area contributed by atoms with Gasteiger partial charge in [-0.15, -0.1) is 0 Å². The number of aromatic nitrogens is 3. The van der Waals surface area contributed by atoms with Crippen molar-refractivity contribution in [1.82, 2.24) is 20.3 Å². The van der Waals surface area contributed by atoms with Crippen molar-refractivity contribution in [3.8, 4) is 11.3 Å². The summed E-state index contributed by atoms with van der Waals surface area (Å²) in [5, 5.41) is 4.34. The Kier molecular flexibility index (Phi) is 2.42. The molecule has 3 aromatic rings. The lowest BCUT2D eigenvalue weighted by atomic mass is 10.1. The van der Waals surface area contributed by atoms with Gasteiger partial charge in [-0.3, -0.25) is 0 Å². The van der Waals surface area contributed by atoms with Gasteiger partial charge in [0.25, 0.3) is 0 Å². The Morgan fingerprint density at radius 3 is 3.00 bits per heavy atom. The zero-order valence-electron chi connectivity index (χ0n) is 9.62. The van der Waals surface area contributed by atoms with E-state index in [4.69, 9.17) is 0 Å². The lowest BCUT2D eigenvalue weighted by molar-refractivity contribution is 0.799. The number of hydrogen-bond acceptors (Lipinski definition) is 2. The summed E-state index contributed by atoms with van der Waals surface area (Å²) in [5.74, 6) is 0. The van der Waals surface area contributed by atoms with Gasteiger partial charge in [0.1, 0.15) is 0 Å². The van der Waals surface area contributed by atoms with E-state index >= 15 is 0 Å². The van der Waals surface area contributed by atoms with E-state index in [1.807, 2.05) is 25.4 Å². The molecule has 1 aromatic carbocycles. The molecule has 86 valence electrons. The van der Waals surface area contributed by atoms with E-state index in [0.717, 1.165) is 29.0 Å². The van der Waals surface area contributed by atoms with Gasteiger partial charge in [-0.2, -0.15) is 0 Å². The summed E-state index contributed by atoms with van der Waals surface area (Å²) in [6.07, 6.45) is 3.75. The van der Waals surface area contributed by atoms with Gasteiger partial charge in [-0.25, -0.2) is 4.98 Å². The molecule has 0 aliphatic rings. The van der Waals surface area contributed by atoms with Crippen LogP contribution >= 0.6 is 0 Å². The molecule has 3 rings (SSSR count). The second-order valence-corrected chi connectivity index (χ2v) is 4.01. The monoisotopic (exact) mass is 226 g/mol. The fourth-order valence-electron chi connectivity index (χ4n) is 2.13. The molecule has 0 saturated heterocycles. The second-order valence-electron chi connectivity index (χ2n) is 4.01. The standard InChI is InChI=1S/C13H14N4/c1-14-7-12-13(17-8-16-12)10-6-15-11-5-3-2-4-9(10)11/h2-6,8,14-15H,7H2,1H3,(H,16,17). The largest absolute Gasteiger partial charge is 0.360 e. The summed E-state index contributed by atoms with van der Waals surface area (Å²) in [6, 6.07) is 8.26. The lowest BCUT2D eigenvalue weighted by Gasteiger charge is -2.00. The minimum Gasteiger partial charge on any atom is -0.360 e. The Bertz CT molecular complexity index is 635. The number of hydrogen-bond donors (Lipinski definition) is 3. The van der Waals surface area contributed by atoms with Crippen LogP contribution in [0.4, 0.5) is 0 Å². The number of nitrogens with one attached hydrogen (secondary N) is 3. The highest BCUT2D eigenvalue weighted by molar-refractivity contribution is 5.94. The number of H-pyrrole nitrogens is 2. The Labute approximate surface area is 99.1 Å². The lowest BCUT2D eigenvalue weighted by Crippen LogP contribution is -2.06. The van der Waals surface area contributed by atoms with Gasteiger partial charge in [0.2, 0.25) is 0 Å². The average Bonchev–Trinajstić information content (AvgIpc) is 2.95. The Morgan fingerprint density at radius 1 is 1.24 bits per heavy atom. The first-order valence-corrected chi connectivity index (χ1v) is 5.63. The molecule has 0 amide bonds. The van der Waals surface area contributed by atoms with E-state index in [-0.39, 0.29) is 0 Å². The summed E-state index contributed by atoms with van der Waals surface area (Å²) < 4.78 is 0. The third kappa shape index (κ3) is 1.62. The van der Waals surface area contributed by atoms with Crippen LogP contribution in [0.15, 0.2) is 36.8 Å². The first-order valence-electron chi connectivity index (χ1n) is 5.63. The van der Waals surface area contributed by atoms with Crippen LogP contribution in [-0.4, -0.2) is 22.0 Å². The first kappa shape index (κ1) is 10.1. The molecule has 17 heavy (non-hydrogen) atoms. The number of rotatable bonds is 3. The van der Waals surface area contributed by atoms with Crippen molar-refractivity contribution in [2.24, 2.45) is 0 Å². The van der Waals surface area contributed by atoms with E-state index in [0.29, 0.717) is 0 Å². The fourth-order valence-corrected chi connectivity index (χ4v) is 2.13. The van der Waals surface area contributed by atoms with Gasteiger partial charge in [-0.1, -0.05) is 18.2 Å². The second kappa shape index (κ2) is 4.07. The van der Waals surface area contributed by atoms with Crippen molar-refractivity contribution in [3.63, 3.8) is 0 Å². The van der Waals surface area contributed by atoms with Gasteiger partial charge in [0.15, 0.2) is 0 Å². The maximum Gasteiger partial charge on any atom is 0.0947 e. The van der Waals surface area contributed by atoms with Crippen molar-refractivity contribution in [1.29, 1.82) is 0 Å². The van der Waals surface area contributed by atoms with Gasteiger partial charge in [-0.05, 0) is 13.1 Å². The van der Waals surface area contributed by atoms with E-state index in [1.165, 1.54) is 5.39 Å². The number of fused-ring (bicyclic) bond motifs is 1. The highest BCUT2D eigenvalue weighted by atomic mass is 14.9. The smallest absolute Gasteiger partial charge is 0.0947 e. The third-order valence-corrected chi connectivity index (χ3v) is 2.92. The van der Waals surface area contributed by atoms with Crippen LogP contribution in [0.2, 0.25) is 0 Å². The maximum absolute atomic E-state index is 4.41. The van der Waals surface area contributed by atoms with Crippen LogP contribution < -0.4 is 5.32 Å². The summed E-state index contributed by atoms with van der Waals surface area (Å²) in [4.78, 5) is 10.9. The van der Waals surface area contributed by atoms with E-state index in [2.05, 4.69) is 32.4 Å². The fraction of sp³-hybridized carbons (Fsp3) is 0.154. The summed E-state index contributed by atoms with van der Waals surface area (Å²) in [6.45, 7) is 0.787. The summed E-state index contributed by atoms with van der Waals surface area (Å²) in [5.41, 5.74) is 4.40. The van der Waals surface area contributed by atoms with Gasteiger partial charge in [0, 0.05) is 29.2 Å². The minimum absolute atomic E-state index is 0.787. The van der Waals surface area contributed by atoms with Gasteiger partial charge in [0.05, 0.1) is 17.7 Å². The zero-order valence-corrected chi connectivity index (χ0v) is 9.62. The highest BCUT2D eigenvalue weighted by Crippen LogP contribution is 2.28. The number of para-hydroxylation sites is 1. The molecule has 3 N–H and O–H groups in total. The van der Waals surface area contributed by atoms with Crippen molar-refractivity contribution in [2.75, 3.05) is 7.05 Å². The number of nitrogens with zero attached hydrogens (tertiary/aromatic N) is 1. The molecule has 0 fully saturated rings. The molecule has 0 bridgehead atoms. The van der Waals surface area contributed by atoms with Crippen molar-refractivity contribution >= 4 is 10.9 Å². The topological polar surface area (TPSA) is 56.5 Å². The van der Waals surface area contributed by atoms with Crippen LogP contribution in [-0.2, 0) is 6.54 Å². The van der Waals surface area contributed by atoms with Crippen molar-refractivity contribution in [2.45, 2.75) is 6.54 Å². The summed E-state index contributed by atoms with van der Waals surface area (Å²) >= 11 is 0. The molecule has 0 spiro atoms. The molecule has 0 aliphatic carbocycles. The number of imidazole rings is 1. The highest BCUT2D eigenvalue weighted by Gasteiger charge is 2.11. The van der Waals surface area contributed by atoms with Crippen LogP contribution in [0.3, 0.4) is 0 Å². The van der Waals surface area contributed by atoms with E-state index < -0.39 is 0 Å². The molecule has 0 aliphatic heterocycles. The van der Waals surface area contributed by atoms with Crippen molar-refractivity contribution in [3.05, 3.63) is 42.5 Å². The Balaban J connectivity index is 2.17. The van der Waals surface area contributed by atoms with Gasteiger partial charge >= 0.3 is 0 Å². The van der Waals surface area contributed by atoms with E-state index in [1.54, 1.807) is 6.33 Å². The normalized spacial score (nSPS) is 11.1. The van der Waals surface area contributed by atoms with Gasteiger partial charge < -0.3 is 15.3 Å². The molecule has 0 atom stereocenters. The summed E-state index contributed by atoms with van der Waals surface area (Å²) in [7, 11) is 1.93.